The molecule has 0 bridgehead atoms. The third kappa shape index (κ3) is 3.67. The molecule has 8 heteroatoms. The number of para-hydroxylation sites is 1. The predicted octanol–water partition coefficient (Wildman–Crippen LogP) is 4.87. The van der Waals surface area contributed by atoms with Gasteiger partial charge in [0.25, 0.3) is 17.4 Å². The summed E-state index contributed by atoms with van der Waals surface area (Å²) in [6, 6.07) is 19.3. The Morgan fingerprint density at radius 1 is 0.935 bits per heavy atom. The quantitative estimate of drug-likeness (QED) is 0.207. The second-order valence-corrected chi connectivity index (χ2v) is 7.30. The van der Waals surface area contributed by atoms with Crippen molar-refractivity contribution in [3.63, 3.8) is 0 Å². The van der Waals surface area contributed by atoms with Crippen molar-refractivity contribution in [3.05, 3.63) is 111 Å². The van der Waals surface area contributed by atoms with Gasteiger partial charge in [0.2, 0.25) is 0 Å². The minimum atomic E-state index is -0.959. The Kier molecular flexibility index (Phi) is 5.27. The summed E-state index contributed by atoms with van der Waals surface area (Å²) in [5.74, 6) is -2.00. The van der Waals surface area contributed by atoms with Crippen LogP contribution in [0.25, 0.3) is 5.76 Å². The fraction of sp³-hybridized carbons (Fsp3) is 0.0435. The Labute approximate surface area is 182 Å². The Balaban J connectivity index is 1.92. The van der Waals surface area contributed by atoms with E-state index in [-0.39, 0.29) is 17.0 Å². The number of aliphatic hydroxyl groups excluding tert-OH is 1. The number of hydrogen-bond donors (Lipinski definition) is 1. The zero-order valence-corrected chi connectivity index (χ0v) is 16.7. The number of nitrogens with zero attached hydrogens (tertiary/aromatic N) is 2. The number of amides is 1. The second-order valence-electron chi connectivity index (χ2n) is 6.86. The van der Waals surface area contributed by atoms with Gasteiger partial charge in [-0.3, -0.25) is 24.6 Å². The van der Waals surface area contributed by atoms with Gasteiger partial charge in [-0.05, 0) is 54.1 Å². The molecule has 1 amide bonds. The highest BCUT2D eigenvalue weighted by Gasteiger charge is 2.47. The van der Waals surface area contributed by atoms with E-state index >= 15 is 0 Å². The third-order valence-electron chi connectivity index (χ3n) is 5.02. The van der Waals surface area contributed by atoms with Crippen LogP contribution in [0.2, 0.25) is 5.02 Å². The van der Waals surface area contributed by atoms with E-state index in [1.807, 2.05) is 0 Å². The van der Waals surface area contributed by atoms with E-state index in [0.29, 0.717) is 21.8 Å². The molecule has 3 aromatic rings. The van der Waals surface area contributed by atoms with E-state index in [4.69, 9.17) is 11.6 Å². The zero-order chi connectivity index (χ0) is 22.1. The Morgan fingerprint density at radius 2 is 1.55 bits per heavy atom. The van der Waals surface area contributed by atoms with Crippen LogP contribution in [-0.2, 0) is 9.59 Å². The third-order valence-corrected chi connectivity index (χ3v) is 5.27. The smallest absolute Gasteiger partial charge is 0.300 e. The molecular formula is C23H15ClN2O5. The number of non-ortho nitro benzene ring substituents is 1. The van der Waals surface area contributed by atoms with Crippen LogP contribution in [0, 0.1) is 10.1 Å². The minimum absolute atomic E-state index is 0.106. The molecule has 4 rings (SSSR count). The van der Waals surface area contributed by atoms with E-state index in [1.54, 1.807) is 54.6 Å². The first kappa shape index (κ1) is 20.3. The number of hydrogen-bond acceptors (Lipinski definition) is 5. The maximum absolute atomic E-state index is 13.0. The number of benzene rings is 3. The molecule has 1 atom stereocenters. The number of anilines is 1. The van der Waals surface area contributed by atoms with Crippen LogP contribution in [0.3, 0.4) is 0 Å². The van der Waals surface area contributed by atoms with Gasteiger partial charge in [0, 0.05) is 28.4 Å². The topological polar surface area (TPSA) is 101 Å². The summed E-state index contributed by atoms with van der Waals surface area (Å²) in [7, 11) is 0. The van der Waals surface area contributed by atoms with E-state index < -0.39 is 22.7 Å². The first-order valence-corrected chi connectivity index (χ1v) is 9.62. The standard InChI is InChI=1S/C23H15ClN2O5/c24-16-10-6-15(7-11-16)21(27)19-20(14-8-12-18(13-9-14)26(30)31)25(23(29)22(19)28)17-4-2-1-3-5-17/h1-13,20,27H/t20-/m0/s1. The van der Waals surface area contributed by atoms with E-state index in [0.717, 1.165) is 0 Å². The summed E-state index contributed by atoms with van der Waals surface area (Å²) in [6.45, 7) is 0. The van der Waals surface area contributed by atoms with Crippen molar-refractivity contribution in [1.82, 2.24) is 0 Å². The largest absolute Gasteiger partial charge is 0.507 e. The summed E-state index contributed by atoms with van der Waals surface area (Å²) in [6.07, 6.45) is 0. The summed E-state index contributed by atoms with van der Waals surface area (Å²) >= 11 is 5.91. The van der Waals surface area contributed by atoms with Crippen molar-refractivity contribution in [3.8, 4) is 0 Å². The highest BCUT2D eigenvalue weighted by molar-refractivity contribution is 6.51. The number of nitro benzene ring substituents is 1. The number of rotatable bonds is 4. The highest BCUT2D eigenvalue weighted by atomic mass is 35.5. The average molecular weight is 435 g/mol. The van der Waals surface area contributed by atoms with Crippen LogP contribution >= 0.6 is 11.6 Å². The number of carbonyl (C=O) groups is 2. The van der Waals surface area contributed by atoms with Crippen LogP contribution < -0.4 is 4.90 Å². The van der Waals surface area contributed by atoms with Gasteiger partial charge >= 0.3 is 0 Å². The predicted molar refractivity (Wildman–Crippen MR) is 116 cm³/mol. The number of ketones is 1. The first-order chi connectivity index (χ1) is 14.9. The molecule has 0 radical (unpaired) electrons. The molecule has 1 fully saturated rings. The Morgan fingerprint density at radius 3 is 2.13 bits per heavy atom. The lowest BCUT2D eigenvalue weighted by Gasteiger charge is -2.25. The molecule has 7 nitrogen and oxygen atoms in total. The molecule has 1 saturated heterocycles. The van der Waals surface area contributed by atoms with Gasteiger partial charge in [0.05, 0.1) is 16.5 Å². The average Bonchev–Trinajstić information content (AvgIpc) is 3.05. The minimum Gasteiger partial charge on any atom is -0.507 e. The lowest BCUT2D eigenvalue weighted by molar-refractivity contribution is -0.384. The van der Waals surface area contributed by atoms with Crippen molar-refractivity contribution in [1.29, 1.82) is 0 Å². The molecule has 1 aliphatic heterocycles. The number of halogens is 1. The van der Waals surface area contributed by atoms with Gasteiger partial charge in [0.1, 0.15) is 5.76 Å². The van der Waals surface area contributed by atoms with Gasteiger partial charge in [-0.1, -0.05) is 29.8 Å². The van der Waals surface area contributed by atoms with Crippen molar-refractivity contribution >= 4 is 40.4 Å². The highest BCUT2D eigenvalue weighted by Crippen LogP contribution is 2.42. The molecule has 154 valence electrons. The SMILES string of the molecule is O=C1C(=O)N(c2ccccc2)[C@@H](c2ccc([N+](=O)[O-])cc2)C1=C(O)c1ccc(Cl)cc1. The monoisotopic (exact) mass is 434 g/mol. The Hall–Kier alpha value is -3.97. The molecule has 1 heterocycles. The number of nitro groups is 1. The first-order valence-electron chi connectivity index (χ1n) is 9.25. The van der Waals surface area contributed by atoms with E-state index in [2.05, 4.69) is 0 Å². The van der Waals surface area contributed by atoms with Crippen molar-refractivity contribution in [2.75, 3.05) is 4.90 Å². The van der Waals surface area contributed by atoms with Crippen molar-refractivity contribution in [2.45, 2.75) is 6.04 Å². The lowest BCUT2D eigenvalue weighted by Crippen LogP contribution is -2.29. The number of carbonyl (C=O) groups excluding carboxylic acids is 2. The molecular weight excluding hydrogens is 420 g/mol. The molecule has 3 aromatic carbocycles. The molecule has 1 aliphatic rings. The fourth-order valence-electron chi connectivity index (χ4n) is 3.54. The van der Waals surface area contributed by atoms with E-state index in [1.165, 1.54) is 29.2 Å². The van der Waals surface area contributed by atoms with Crippen molar-refractivity contribution in [2.24, 2.45) is 0 Å². The zero-order valence-electron chi connectivity index (χ0n) is 15.9. The maximum atomic E-state index is 13.0. The molecule has 1 N–H and O–H groups in total. The maximum Gasteiger partial charge on any atom is 0.300 e. The summed E-state index contributed by atoms with van der Waals surface area (Å²) in [4.78, 5) is 37.7. The molecule has 0 spiro atoms. The molecule has 31 heavy (non-hydrogen) atoms. The second kappa shape index (κ2) is 8.04. The van der Waals surface area contributed by atoms with Gasteiger partial charge in [-0.25, -0.2) is 0 Å². The molecule has 0 unspecified atom stereocenters. The number of Topliss-reactive ketones (excluding diaryl/α,β-unsaturated/α-hetero) is 1. The van der Waals surface area contributed by atoms with Gasteiger partial charge in [-0.2, -0.15) is 0 Å². The van der Waals surface area contributed by atoms with Crippen molar-refractivity contribution < 1.29 is 19.6 Å². The molecule has 0 aromatic heterocycles. The molecule has 0 aliphatic carbocycles. The van der Waals surface area contributed by atoms with Crippen LogP contribution in [0.4, 0.5) is 11.4 Å². The summed E-state index contributed by atoms with van der Waals surface area (Å²) in [5.41, 5.74) is 0.998. The normalized spacial score (nSPS) is 17.7. The number of aliphatic hydroxyl groups is 1. The summed E-state index contributed by atoms with van der Waals surface area (Å²) < 4.78 is 0. The van der Waals surface area contributed by atoms with Gasteiger partial charge < -0.3 is 5.11 Å². The summed E-state index contributed by atoms with van der Waals surface area (Å²) in [5, 5.41) is 22.5. The Bertz CT molecular complexity index is 1200. The molecule has 0 saturated carbocycles. The van der Waals surface area contributed by atoms with Crippen LogP contribution in [0.5, 0.6) is 0 Å². The van der Waals surface area contributed by atoms with Gasteiger partial charge in [-0.15, -0.1) is 0 Å². The fourth-order valence-corrected chi connectivity index (χ4v) is 3.67. The van der Waals surface area contributed by atoms with Gasteiger partial charge in [0.15, 0.2) is 0 Å². The lowest BCUT2D eigenvalue weighted by atomic mass is 9.95. The van der Waals surface area contributed by atoms with Crippen LogP contribution in [0.1, 0.15) is 17.2 Å². The van der Waals surface area contributed by atoms with Crippen LogP contribution in [0.15, 0.2) is 84.4 Å². The van der Waals surface area contributed by atoms with E-state index in [9.17, 15) is 24.8 Å². The van der Waals surface area contributed by atoms with Crippen LogP contribution in [-0.4, -0.2) is 21.7 Å².